The number of aryl methyl sites for hydroxylation is 1. The zero-order valence-corrected chi connectivity index (χ0v) is 7.49. The van der Waals surface area contributed by atoms with Gasteiger partial charge in [-0.15, -0.1) is 0 Å². The molecule has 13 heavy (non-hydrogen) atoms. The van der Waals surface area contributed by atoms with Crippen molar-refractivity contribution >= 4 is 11.0 Å². The fourth-order valence-corrected chi connectivity index (χ4v) is 1.44. The number of nitrogens with zero attached hydrogens (tertiary/aromatic N) is 2. The quantitative estimate of drug-likeness (QED) is 0.518. The first-order valence-corrected chi connectivity index (χ1v) is 4.16. The molecule has 1 aromatic heterocycles. The third-order valence-corrected chi connectivity index (χ3v) is 2.14. The van der Waals surface area contributed by atoms with Crippen molar-refractivity contribution in [2.75, 3.05) is 0 Å². The van der Waals surface area contributed by atoms with E-state index in [1.165, 1.54) is 0 Å². The molecule has 0 aliphatic carbocycles. The fourth-order valence-electron chi connectivity index (χ4n) is 1.44. The van der Waals surface area contributed by atoms with Crippen LogP contribution in [0.5, 0.6) is 0 Å². The van der Waals surface area contributed by atoms with Gasteiger partial charge in [0, 0.05) is 7.05 Å². The molecular weight excluding hydrogens is 164 g/mol. The Kier molecular flexibility index (Phi) is 2.00. The first-order chi connectivity index (χ1) is 6.33. The molecule has 0 saturated carbocycles. The summed E-state index contributed by atoms with van der Waals surface area (Å²) in [7, 11) is 1.99. The molecule has 0 amide bonds. The summed E-state index contributed by atoms with van der Waals surface area (Å²) in [5, 5.41) is 0. The first kappa shape index (κ1) is 8.22. The van der Waals surface area contributed by atoms with E-state index in [0.717, 1.165) is 16.9 Å². The summed E-state index contributed by atoms with van der Waals surface area (Å²) in [6.45, 7) is 0.588. The fraction of sp³-hybridized carbons (Fsp3) is 0.222. The van der Waals surface area contributed by atoms with Gasteiger partial charge >= 0.3 is 0 Å². The number of hydrazine groups is 1. The summed E-state index contributed by atoms with van der Waals surface area (Å²) in [5.41, 5.74) is 4.74. The molecule has 0 aliphatic rings. The molecule has 4 heteroatoms. The van der Waals surface area contributed by atoms with E-state index in [-0.39, 0.29) is 0 Å². The molecule has 1 heterocycles. The van der Waals surface area contributed by atoms with Crippen LogP contribution in [-0.2, 0) is 13.6 Å². The van der Waals surface area contributed by atoms with Gasteiger partial charge < -0.3 is 4.57 Å². The average Bonchev–Trinajstić information content (AvgIpc) is 2.46. The van der Waals surface area contributed by atoms with E-state index in [1.54, 1.807) is 0 Å². The number of nitrogens with one attached hydrogen (secondary N) is 1. The van der Waals surface area contributed by atoms with Gasteiger partial charge in [0.25, 0.3) is 0 Å². The zero-order valence-electron chi connectivity index (χ0n) is 7.49. The van der Waals surface area contributed by atoms with Crippen molar-refractivity contribution in [2.45, 2.75) is 6.54 Å². The zero-order chi connectivity index (χ0) is 9.26. The minimum Gasteiger partial charge on any atom is -0.330 e. The van der Waals surface area contributed by atoms with E-state index in [9.17, 15) is 0 Å². The van der Waals surface area contributed by atoms with Gasteiger partial charge in [-0.05, 0) is 12.1 Å². The molecule has 0 fully saturated rings. The lowest BCUT2D eigenvalue weighted by Gasteiger charge is -1.99. The molecule has 1 aromatic carbocycles. The molecule has 0 spiro atoms. The summed E-state index contributed by atoms with van der Waals surface area (Å²) < 4.78 is 2.04. The van der Waals surface area contributed by atoms with Crippen LogP contribution in [0.1, 0.15) is 5.82 Å². The maximum atomic E-state index is 5.25. The van der Waals surface area contributed by atoms with E-state index >= 15 is 0 Å². The molecule has 4 nitrogen and oxygen atoms in total. The number of benzene rings is 1. The van der Waals surface area contributed by atoms with Crippen LogP contribution in [0.15, 0.2) is 24.3 Å². The Morgan fingerprint density at radius 3 is 2.92 bits per heavy atom. The van der Waals surface area contributed by atoms with Gasteiger partial charge in [-0.2, -0.15) is 0 Å². The molecule has 0 aliphatic heterocycles. The Morgan fingerprint density at radius 1 is 1.46 bits per heavy atom. The highest BCUT2D eigenvalue weighted by atomic mass is 15.2. The average molecular weight is 176 g/mol. The summed E-state index contributed by atoms with van der Waals surface area (Å²) >= 11 is 0. The van der Waals surface area contributed by atoms with Crippen molar-refractivity contribution in [3.8, 4) is 0 Å². The van der Waals surface area contributed by atoms with Crippen molar-refractivity contribution < 1.29 is 0 Å². The standard InChI is InChI=1S/C9H12N4/c1-13-8-5-3-2-4-7(8)12-9(13)6-11-10/h2-5,11H,6,10H2,1H3. The molecule has 0 bridgehead atoms. The van der Waals surface area contributed by atoms with E-state index < -0.39 is 0 Å². The maximum absolute atomic E-state index is 5.25. The Hall–Kier alpha value is -1.39. The van der Waals surface area contributed by atoms with Crippen LogP contribution in [-0.4, -0.2) is 9.55 Å². The first-order valence-electron chi connectivity index (χ1n) is 4.16. The third kappa shape index (κ3) is 1.30. The van der Waals surface area contributed by atoms with Crippen molar-refractivity contribution in [3.05, 3.63) is 30.1 Å². The number of fused-ring (bicyclic) bond motifs is 1. The minimum atomic E-state index is 0.588. The van der Waals surface area contributed by atoms with Crippen molar-refractivity contribution in [2.24, 2.45) is 12.9 Å². The number of rotatable bonds is 2. The van der Waals surface area contributed by atoms with Crippen LogP contribution in [0.2, 0.25) is 0 Å². The smallest absolute Gasteiger partial charge is 0.125 e. The molecular formula is C9H12N4. The Bertz CT molecular complexity index is 418. The number of hydrogen-bond donors (Lipinski definition) is 2. The third-order valence-electron chi connectivity index (χ3n) is 2.14. The van der Waals surface area contributed by atoms with Gasteiger partial charge in [0.1, 0.15) is 5.82 Å². The molecule has 2 rings (SSSR count). The van der Waals surface area contributed by atoms with Gasteiger partial charge in [-0.1, -0.05) is 12.1 Å². The number of imidazole rings is 1. The molecule has 0 saturated heterocycles. The highest BCUT2D eigenvalue weighted by Crippen LogP contribution is 2.13. The Balaban J connectivity index is 2.60. The van der Waals surface area contributed by atoms with Gasteiger partial charge in [0.2, 0.25) is 0 Å². The SMILES string of the molecule is Cn1c(CNN)nc2ccccc21. The van der Waals surface area contributed by atoms with Crippen LogP contribution in [0.3, 0.4) is 0 Å². The summed E-state index contributed by atoms with van der Waals surface area (Å²) in [5.74, 6) is 6.20. The van der Waals surface area contributed by atoms with Crippen LogP contribution in [0.4, 0.5) is 0 Å². The normalized spacial score (nSPS) is 10.9. The second-order valence-corrected chi connectivity index (χ2v) is 2.96. The monoisotopic (exact) mass is 176 g/mol. The molecule has 0 radical (unpaired) electrons. The predicted octanol–water partition coefficient (Wildman–Crippen LogP) is 0.537. The molecule has 0 atom stereocenters. The second-order valence-electron chi connectivity index (χ2n) is 2.96. The summed E-state index contributed by atoms with van der Waals surface area (Å²) in [6, 6.07) is 8.02. The highest BCUT2D eigenvalue weighted by Gasteiger charge is 2.04. The molecule has 68 valence electrons. The van der Waals surface area contributed by atoms with Gasteiger partial charge in [-0.3, -0.25) is 11.3 Å². The van der Waals surface area contributed by atoms with Crippen molar-refractivity contribution in [1.29, 1.82) is 0 Å². The van der Waals surface area contributed by atoms with Crippen molar-refractivity contribution in [3.63, 3.8) is 0 Å². The maximum Gasteiger partial charge on any atom is 0.125 e. The van der Waals surface area contributed by atoms with Crippen molar-refractivity contribution in [1.82, 2.24) is 15.0 Å². The van der Waals surface area contributed by atoms with E-state index in [0.29, 0.717) is 6.54 Å². The topological polar surface area (TPSA) is 55.9 Å². The molecule has 3 N–H and O–H groups in total. The van der Waals surface area contributed by atoms with Gasteiger partial charge in [0.05, 0.1) is 17.6 Å². The van der Waals surface area contributed by atoms with E-state index in [4.69, 9.17) is 5.84 Å². The predicted molar refractivity (Wildman–Crippen MR) is 51.7 cm³/mol. The molecule has 0 unspecified atom stereocenters. The van der Waals surface area contributed by atoms with E-state index in [2.05, 4.69) is 10.4 Å². The van der Waals surface area contributed by atoms with Crippen LogP contribution in [0.25, 0.3) is 11.0 Å². The highest BCUT2D eigenvalue weighted by molar-refractivity contribution is 5.75. The Morgan fingerprint density at radius 2 is 2.23 bits per heavy atom. The minimum absolute atomic E-state index is 0.588. The number of nitrogens with two attached hydrogens (primary N) is 1. The second kappa shape index (κ2) is 3.16. The van der Waals surface area contributed by atoms with Gasteiger partial charge in [0.15, 0.2) is 0 Å². The van der Waals surface area contributed by atoms with E-state index in [1.807, 2.05) is 35.9 Å². The number of para-hydroxylation sites is 2. The largest absolute Gasteiger partial charge is 0.330 e. The summed E-state index contributed by atoms with van der Waals surface area (Å²) in [6.07, 6.45) is 0. The Labute approximate surface area is 76.3 Å². The van der Waals surface area contributed by atoms with Crippen LogP contribution < -0.4 is 11.3 Å². The molecule has 2 aromatic rings. The van der Waals surface area contributed by atoms with Gasteiger partial charge in [-0.25, -0.2) is 4.98 Å². The lowest BCUT2D eigenvalue weighted by molar-refractivity contribution is 0.674. The van der Waals surface area contributed by atoms with Crippen LogP contribution in [0, 0.1) is 0 Å². The summed E-state index contributed by atoms with van der Waals surface area (Å²) in [4.78, 5) is 4.42. The number of hydrogen-bond acceptors (Lipinski definition) is 3. The lowest BCUT2D eigenvalue weighted by Crippen LogP contribution is -2.22. The van der Waals surface area contributed by atoms with Crippen LogP contribution >= 0.6 is 0 Å². The lowest BCUT2D eigenvalue weighted by atomic mass is 10.3. The number of aromatic nitrogens is 2.